The number of hydrogen-bond acceptors (Lipinski definition) is 3. The molecule has 0 radical (unpaired) electrons. The molecule has 5 heteroatoms. The Labute approximate surface area is 122 Å². The molecule has 0 amide bonds. The van der Waals surface area contributed by atoms with Crippen molar-refractivity contribution in [2.24, 2.45) is 0 Å². The number of hydrogen-bond donors (Lipinski definition) is 1. The van der Waals surface area contributed by atoms with Crippen molar-refractivity contribution < 1.29 is 4.92 Å². The van der Waals surface area contributed by atoms with E-state index < -0.39 is 4.92 Å². The molecule has 4 nitrogen and oxygen atoms in total. The number of halogens is 1. The first kappa shape index (κ1) is 14.3. The van der Waals surface area contributed by atoms with E-state index in [1.807, 2.05) is 38.1 Å². The lowest BCUT2D eigenvalue weighted by molar-refractivity contribution is -0.384. The largest absolute Gasteiger partial charge is 0.377 e. The summed E-state index contributed by atoms with van der Waals surface area (Å²) in [6.45, 7) is 4.07. The van der Waals surface area contributed by atoms with Crippen LogP contribution in [0, 0.1) is 17.0 Å². The monoisotopic (exact) mass is 290 g/mol. The van der Waals surface area contributed by atoms with Gasteiger partial charge in [0.2, 0.25) is 0 Å². The number of benzene rings is 2. The van der Waals surface area contributed by atoms with Gasteiger partial charge < -0.3 is 5.32 Å². The lowest BCUT2D eigenvalue weighted by Gasteiger charge is -2.18. The third-order valence-corrected chi connectivity index (χ3v) is 3.50. The highest BCUT2D eigenvalue weighted by Gasteiger charge is 2.12. The molecular formula is C15H15ClN2O2. The summed E-state index contributed by atoms with van der Waals surface area (Å²) in [6.07, 6.45) is 0. The number of nitrogens with one attached hydrogen (secondary N) is 1. The number of anilines is 1. The minimum Gasteiger partial charge on any atom is -0.377 e. The standard InChI is InChI=1S/C15H15ClN2O2/c1-10-5-3-4-6-13(10)11(2)17-15-8-7-12(18(19)20)9-14(15)16/h3-9,11,17H,1-2H3. The summed E-state index contributed by atoms with van der Waals surface area (Å²) in [4.78, 5) is 10.2. The van der Waals surface area contributed by atoms with Crippen molar-refractivity contribution in [2.45, 2.75) is 19.9 Å². The molecule has 2 rings (SSSR count). The summed E-state index contributed by atoms with van der Waals surface area (Å²) < 4.78 is 0. The normalized spacial score (nSPS) is 11.9. The Morgan fingerprint density at radius 1 is 1.25 bits per heavy atom. The maximum Gasteiger partial charge on any atom is 0.271 e. The minimum atomic E-state index is -0.458. The van der Waals surface area contributed by atoms with Gasteiger partial charge in [0.1, 0.15) is 0 Å². The van der Waals surface area contributed by atoms with Gasteiger partial charge in [-0.25, -0.2) is 0 Å². The van der Waals surface area contributed by atoms with E-state index in [1.165, 1.54) is 23.3 Å². The van der Waals surface area contributed by atoms with Crippen molar-refractivity contribution in [1.29, 1.82) is 0 Å². The predicted molar refractivity (Wildman–Crippen MR) is 81.3 cm³/mol. The molecule has 0 heterocycles. The smallest absolute Gasteiger partial charge is 0.271 e. The summed E-state index contributed by atoms with van der Waals surface area (Å²) in [6, 6.07) is 12.6. The van der Waals surface area contributed by atoms with Crippen LogP contribution in [0.25, 0.3) is 0 Å². The quantitative estimate of drug-likeness (QED) is 0.654. The number of rotatable bonds is 4. The first-order valence-corrected chi connectivity index (χ1v) is 6.63. The van der Waals surface area contributed by atoms with Crippen LogP contribution in [0.1, 0.15) is 24.1 Å². The Morgan fingerprint density at radius 2 is 1.95 bits per heavy atom. The van der Waals surface area contributed by atoms with Gasteiger partial charge in [0.25, 0.3) is 5.69 Å². The molecule has 0 saturated heterocycles. The van der Waals surface area contributed by atoms with E-state index >= 15 is 0 Å². The van der Waals surface area contributed by atoms with Crippen LogP contribution >= 0.6 is 11.6 Å². The molecule has 0 aliphatic heterocycles. The van der Waals surface area contributed by atoms with Crippen molar-refractivity contribution in [3.63, 3.8) is 0 Å². The molecule has 20 heavy (non-hydrogen) atoms. The van der Waals surface area contributed by atoms with Crippen molar-refractivity contribution in [3.8, 4) is 0 Å². The molecule has 104 valence electrons. The highest BCUT2D eigenvalue weighted by molar-refractivity contribution is 6.33. The molecule has 0 spiro atoms. The van der Waals surface area contributed by atoms with Crippen molar-refractivity contribution in [1.82, 2.24) is 0 Å². The molecule has 0 bridgehead atoms. The van der Waals surface area contributed by atoms with Crippen LogP contribution in [0.15, 0.2) is 42.5 Å². The number of non-ortho nitro benzene ring substituents is 1. The average Bonchev–Trinajstić information content (AvgIpc) is 2.41. The lowest BCUT2D eigenvalue weighted by atomic mass is 10.0. The first-order chi connectivity index (χ1) is 9.49. The zero-order valence-corrected chi connectivity index (χ0v) is 12.0. The SMILES string of the molecule is Cc1ccccc1C(C)Nc1ccc([N+](=O)[O-])cc1Cl. The van der Waals surface area contributed by atoms with Crippen LogP contribution in [0.5, 0.6) is 0 Å². The second kappa shape index (κ2) is 5.92. The summed E-state index contributed by atoms with van der Waals surface area (Å²) in [7, 11) is 0. The molecule has 1 atom stereocenters. The highest BCUT2D eigenvalue weighted by atomic mass is 35.5. The number of nitrogens with zero attached hydrogens (tertiary/aromatic N) is 1. The van der Waals surface area contributed by atoms with Gasteiger partial charge in [-0.3, -0.25) is 10.1 Å². The van der Waals surface area contributed by atoms with E-state index in [2.05, 4.69) is 5.32 Å². The Bertz CT molecular complexity index is 644. The van der Waals surface area contributed by atoms with Gasteiger partial charge in [-0.05, 0) is 31.0 Å². The topological polar surface area (TPSA) is 55.2 Å². The first-order valence-electron chi connectivity index (χ1n) is 6.25. The number of aryl methyl sites for hydroxylation is 1. The van der Waals surface area contributed by atoms with Gasteiger partial charge in [-0.15, -0.1) is 0 Å². The summed E-state index contributed by atoms with van der Waals surface area (Å²) in [5.41, 5.74) is 3.03. The van der Waals surface area contributed by atoms with Crippen LogP contribution in [0.2, 0.25) is 5.02 Å². The molecule has 2 aromatic rings. The van der Waals surface area contributed by atoms with Crippen LogP contribution in [-0.4, -0.2) is 4.92 Å². The Balaban J connectivity index is 2.22. The molecular weight excluding hydrogens is 276 g/mol. The summed E-state index contributed by atoms with van der Waals surface area (Å²) >= 11 is 6.08. The zero-order chi connectivity index (χ0) is 14.7. The van der Waals surface area contributed by atoms with Gasteiger partial charge >= 0.3 is 0 Å². The Morgan fingerprint density at radius 3 is 2.55 bits per heavy atom. The van der Waals surface area contributed by atoms with Crippen LogP contribution in [-0.2, 0) is 0 Å². The third-order valence-electron chi connectivity index (χ3n) is 3.19. The minimum absolute atomic E-state index is 0.0101. The number of nitro groups is 1. The highest BCUT2D eigenvalue weighted by Crippen LogP contribution is 2.30. The van der Waals surface area contributed by atoms with E-state index in [-0.39, 0.29) is 11.7 Å². The van der Waals surface area contributed by atoms with Gasteiger partial charge in [-0.2, -0.15) is 0 Å². The van der Waals surface area contributed by atoms with Crippen LogP contribution in [0.3, 0.4) is 0 Å². The van der Waals surface area contributed by atoms with Crippen molar-refractivity contribution in [3.05, 3.63) is 68.7 Å². The van der Waals surface area contributed by atoms with Crippen molar-refractivity contribution >= 4 is 23.0 Å². The van der Waals surface area contributed by atoms with Crippen LogP contribution in [0.4, 0.5) is 11.4 Å². The number of nitro benzene ring substituents is 1. The maximum absolute atomic E-state index is 10.7. The Kier molecular flexibility index (Phi) is 4.25. The molecule has 0 fully saturated rings. The third kappa shape index (κ3) is 3.08. The predicted octanol–water partition coefficient (Wildman–Crippen LogP) is 4.73. The average molecular weight is 291 g/mol. The molecule has 1 unspecified atom stereocenters. The lowest BCUT2D eigenvalue weighted by Crippen LogP contribution is -2.08. The molecule has 0 saturated carbocycles. The fourth-order valence-electron chi connectivity index (χ4n) is 2.12. The van der Waals surface area contributed by atoms with Gasteiger partial charge in [0.05, 0.1) is 15.6 Å². The molecule has 1 N–H and O–H groups in total. The van der Waals surface area contributed by atoms with E-state index in [0.29, 0.717) is 10.7 Å². The second-order valence-electron chi connectivity index (χ2n) is 4.64. The van der Waals surface area contributed by atoms with Gasteiger partial charge in [0.15, 0.2) is 0 Å². The van der Waals surface area contributed by atoms with E-state index in [1.54, 1.807) is 6.07 Å². The molecule has 0 aliphatic rings. The fraction of sp³-hybridized carbons (Fsp3) is 0.200. The van der Waals surface area contributed by atoms with E-state index in [4.69, 9.17) is 11.6 Å². The molecule has 2 aromatic carbocycles. The molecule has 0 aromatic heterocycles. The van der Waals surface area contributed by atoms with Crippen LogP contribution < -0.4 is 5.32 Å². The Hall–Kier alpha value is -2.07. The van der Waals surface area contributed by atoms with Gasteiger partial charge in [0, 0.05) is 18.2 Å². The zero-order valence-electron chi connectivity index (χ0n) is 11.3. The fourth-order valence-corrected chi connectivity index (χ4v) is 2.35. The van der Waals surface area contributed by atoms with Gasteiger partial charge in [-0.1, -0.05) is 35.9 Å². The van der Waals surface area contributed by atoms with E-state index in [9.17, 15) is 10.1 Å². The summed E-state index contributed by atoms with van der Waals surface area (Å²) in [5.74, 6) is 0. The second-order valence-corrected chi connectivity index (χ2v) is 5.05. The maximum atomic E-state index is 10.7. The van der Waals surface area contributed by atoms with E-state index in [0.717, 1.165) is 0 Å². The molecule has 0 aliphatic carbocycles. The van der Waals surface area contributed by atoms with Crippen molar-refractivity contribution in [2.75, 3.05) is 5.32 Å². The summed E-state index contributed by atoms with van der Waals surface area (Å²) in [5, 5.41) is 14.3.